The Morgan fingerprint density at radius 1 is 1.48 bits per heavy atom. The lowest BCUT2D eigenvalue weighted by Gasteiger charge is -2.26. The monoisotopic (exact) mass is 291 g/mol. The molecule has 3 heterocycles. The fraction of sp³-hybridized carbons (Fsp3) is 0.600. The number of nitrogens with zero attached hydrogens (tertiary/aromatic N) is 4. The van der Waals surface area contributed by atoms with Gasteiger partial charge >= 0.3 is 0 Å². The van der Waals surface area contributed by atoms with E-state index in [1.165, 1.54) is 29.6 Å². The zero-order valence-corrected chi connectivity index (χ0v) is 12.6. The number of rotatable bonds is 5. The molecule has 2 aromatic rings. The smallest absolute Gasteiger partial charge is 0.245 e. The second-order valence-corrected chi connectivity index (χ2v) is 6.15. The molecule has 1 atom stereocenters. The number of anilines is 1. The highest BCUT2D eigenvalue weighted by molar-refractivity contribution is 5.44. The minimum Gasteiger partial charge on any atom is -0.338 e. The van der Waals surface area contributed by atoms with Crippen molar-refractivity contribution in [2.45, 2.75) is 32.7 Å². The molecule has 0 aromatic carbocycles. The summed E-state index contributed by atoms with van der Waals surface area (Å²) in [5, 5.41) is 7.94. The van der Waals surface area contributed by atoms with E-state index in [1.54, 1.807) is 6.07 Å². The van der Waals surface area contributed by atoms with E-state index in [-0.39, 0.29) is 5.82 Å². The summed E-state index contributed by atoms with van der Waals surface area (Å²) in [6.45, 7) is 7.26. The van der Waals surface area contributed by atoms with Crippen LogP contribution in [0.5, 0.6) is 0 Å². The van der Waals surface area contributed by atoms with Gasteiger partial charge in [0.2, 0.25) is 5.95 Å². The van der Waals surface area contributed by atoms with Gasteiger partial charge in [-0.05, 0) is 37.4 Å². The Labute approximate surface area is 124 Å². The normalized spacial score (nSPS) is 18.8. The molecule has 2 aromatic heterocycles. The van der Waals surface area contributed by atoms with Crippen molar-refractivity contribution in [2.75, 3.05) is 24.5 Å². The Kier molecular flexibility index (Phi) is 4.05. The van der Waals surface area contributed by atoms with Gasteiger partial charge in [0.05, 0.1) is 6.20 Å². The van der Waals surface area contributed by atoms with Crippen LogP contribution in [0.25, 0.3) is 5.65 Å². The first-order valence-electron chi connectivity index (χ1n) is 7.62. The van der Waals surface area contributed by atoms with Gasteiger partial charge in [-0.3, -0.25) is 0 Å². The van der Waals surface area contributed by atoms with Gasteiger partial charge in [-0.2, -0.15) is 4.98 Å². The number of pyridine rings is 1. The van der Waals surface area contributed by atoms with Crippen molar-refractivity contribution >= 4 is 11.6 Å². The third-order valence-electron chi connectivity index (χ3n) is 3.76. The second-order valence-electron chi connectivity index (χ2n) is 6.15. The molecule has 1 unspecified atom stereocenters. The van der Waals surface area contributed by atoms with Crippen molar-refractivity contribution in [3.8, 4) is 0 Å². The first kappa shape index (κ1) is 14.3. The summed E-state index contributed by atoms with van der Waals surface area (Å²) >= 11 is 0. The summed E-state index contributed by atoms with van der Waals surface area (Å²) in [6.07, 6.45) is 3.79. The molecule has 0 amide bonds. The fourth-order valence-electron chi connectivity index (χ4n) is 2.84. The maximum Gasteiger partial charge on any atom is 0.245 e. The molecule has 1 aliphatic heterocycles. The molecule has 0 radical (unpaired) electrons. The Morgan fingerprint density at radius 2 is 2.33 bits per heavy atom. The number of nitrogens with one attached hydrogen (secondary N) is 1. The van der Waals surface area contributed by atoms with Crippen molar-refractivity contribution in [1.29, 1.82) is 0 Å². The molecule has 114 valence electrons. The van der Waals surface area contributed by atoms with E-state index in [0.717, 1.165) is 19.6 Å². The predicted octanol–water partition coefficient (Wildman–Crippen LogP) is 2.08. The van der Waals surface area contributed by atoms with Gasteiger partial charge in [0, 0.05) is 19.1 Å². The lowest BCUT2D eigenvalue weighted by Crippen LogP contribution is -2.40. The van der Waals surface area contributed by atoms with Gasteiger partial charge < -0.3 is 10.2 Å². The van der Waals surface area contributed by atoms with E-state index in [0.29, 0.717) is 23.6 Å². The number of halogens is 1. The minimum absolute atomic E-state index is 0.299. The maximum atomic E-state index is 13.3. The van der Waals surface area contributed by atoms with Gasteiger partial charge in [0.1, 0.15) is 5.82 Å². The van der Waals surface area contributed by atoms with E-state index in [9.17, 15) is 4.39 Å². The summed E-state index contributed by atoms with van der Waals surface area (Å²) in [5.41, 5.74) is 0.680. The molecule has 0 spiro atoms. The molecule has 1 saturated heterocycles. The SMILES string of the molecule is CC(C)CN(CC1CCCN1)c1nc2ccc(F)cn2n1. The molecule has 1 fully saturated rings. The van der Waals surface area contributed by atoms with Crippen LogP contribution in [0.3, 0.4) is 0 Å². The van der Waals surface area contributed by atoms with Crippen molar-refractivity contribution in [3.05, 3.63) is 24.1 Å². The van der Waals surface area contributed by atoms with Crippen LogP contribution >= 0.6 is 0 Å². The molecule has 0 aliphatic carbocycles. The van der Waals surface area contributed by atoms with Crippen LogP contribution in [0.1, 0.15) is 26.7 Å². The number of fused-ring (bicyclic) bond motifs is 1. The Hall–Kier alpha value is -1.69. The van der Waals surface area contributed by atoms with Crippen LogP contribution in [0.15, 0.2) is 18.3 Å². The van der Waals surface area contributed by atoms with Crippen molar-refractivity contribution in [2.24, 2.45) is 5.92 Å². The van der Waals surface area contributed by atoms with Crippen LogP contribution in [-0.2, 0) is 0 Å². The molecule has 1 aliphatic rings. The molecular weight excluding hydrogens is 269 g/mol. The highest BCUT2D eigenvalue weighted by Crippen LogP contribution is 2.16. The van der Waals surface area contributed by atoms with E-state index in [1.807, 2.05) is 0 Å². The zero-order chi connectivity index (χ0) is 14.8. The molecular formula is C15H22FN5. The summed E-state index contributed by atoms with van der Waals surface area (Å²) in [5.74, 6) is 0.907. The standard InChI is InChI=1S/C15H22FN5/c1-11(2)8-20(10-13-4-3-7-17-13)15-18-14-6-5-12(16)9-21(14)19-15/h5-6,9,11,13,17H,3-4,7-8,10H2,1-2H3. The van der Waals surface area contributed by atoms with Crippen molar-refractivity contribution in [3.63, 3.8) is 0 Å². The third-order valence-corrected chi connectivity index (χ3v) is 3.76. The molecule has 5 nitrogen and oxygen atoms in total. The van der Waals surface area contributed by atoms with Crippen LogP contribution in [0.4, 0.5) is 10.3 Å². The average molecular weight is 291 g/mol. The Morgan fingerprint density at radius 3 is 3.05 bits per heavy atom. The highest BCUT2D eigenvalue weighted by atomic mass is 19.1. The zero-order valence-electron chi connectivity index (χ0n) is 12.6. The highest BCUT2D eigenvalue weighted by Gasteiger charge is 2.21. The molecule has 6 heteroatoms. The number of hydrogen-bond donors (Lipinski definition) is 1. The molecule has 0 bridgehead atoms. The van der Waals surface area contributed by atoms with E-state index >= 15 is 0 Å². The summed E-state index contributed by atoms with van der Waals surface area (Å²) in [4.78, 5) is 6.74. The van der Waals surface area contributed by atoms with Crippen molar-refractivity contribution in [1.82, 2.24) is 19.9 Å². The number of aromatic nitrogens is 3. The van der Waals surface area contributed by atoms with Gasteiger partial charge in [-0.15, -0.1) is 5.10 Å². The molecule has 21 heavy (non-hydrogen) atoms. The summed E-state index contributed by atoms with van der Waals surface area (Å²) in [7, 11) is 0. The van der Waals surface area contributed by atoms with E-state index in [2.05, 4.69) is 34.1 Å². The largest absolute Gasteiger partial charge is 0.338 e. The number of hydrogen-bond acceptors (Lipinski definition) is 4. The maximum absolute atomic E-state index is 13.3. The third kappa shape index (κ3) is 3.32. The Balaban J connectivity index is 1.85. The molecule has 0 saturated carbocycles. The van der Waals surface area contributed by atoms with Crippen LogP contribution in [0, 0.1) is 11.7 Å². The first-order chi connectivity index (χ1) is 10.1. The Bertz CT molecular complexity index is 603. The lowest BCUT2D eigenvalue weighted by atomic mass is 10.1. The van der Waals surface area contributed by atoms with Gasteiger partial charge in [-0.25, -0.2) is 8.91 Å². The van der Waals surface area contributed by atoms with Gasteiger partial charge in [-0.1, -0.05) is 13.8 Å². The van der Waals surface area contributed by atoms with Crippen molar-refractivity contribution < 1.29 is 4.39 Å². The van der Waals surface area contributed by atoms with E-state index in [4.69, 9.17) is 0 Å². The van der Waals surface area contributed by atoms with Gasteiger partial charge in [0.15, 0.2) is 5.65 Å². The van der Waals surface area contributed by atoms with Crippen LogP contribution in [0.2, 0.25) is 0 Å². The molecule has 3 rings (SSSR count). The lowest BCUT2D eigenvalue weighted by molar-refractivity contribution is 0.533. The van der Waals surface area contributed by atoms with Gasteiger partial charge in [0.25, 0.3) is 0 Å². The average Bonchev–Trinajstić information content (AvgIpc) is 3.05. The fourth-order valence-corrected chi connectivity index (χ4v) is 2.84. The quantitative estimate of drug-likeness (QED) is 0.916. The van der Waals surface area contributed by atoms with E-state index < -0.39 is 0 Å². The first-order valence-corrected chi connectivity index (χ1v) is 7.62. The van der Waals surface area contributed by atoms with Crippen LogP contribution < -0.4 is 10.2 Å². The predicted molar refractivity (Wildman–Crippen MR) is 81.0 cm³/mol. The summed E-state index contributed by atoms with van der Waals surface area (Å²) < 4.78 is 14.8. The summed E-state index contributed by atoms with van der Waals surface area (Å²) in [6, 6.07) is 3.57. The molecule has 1 N–H and O–H groups in total. The second kappa shape index (κ2) is 5.97. The van der Waals surface area contributed by atoms with Crippen LogP contribution in [-0.4, -0.2) is 40.3 Å². The minimum atomic E-state index is -0.299. The topological polar surface area (TPSA) is 45.5 Å².